The minimum atomic E-state index is -3.55. The van der Waals surface area contributed by atoms with Crippen LogP contribution in [0.1, 0.15) is 11.1 Å². The lowest BCUT2D eigenvalue weighted by Crippen LogP contribution is -2.00. The fourth-order valence-electron chi connectivity index (χ4n) is 2.11. The number of benzene rings is 2. The van der Waals surface area contributed by atoms with Crippen LogP contribution >= 0.6 is 0 Å². The minimum absolute atomic E-state index is 0.280. The topological polar surface area (TPSA) is 58.5 Å². The molecule has 0 aromatic heterocycles. The van der Waals surface area contributed by atoms with Gasteiger partial charge in [0.15, 0.2) is 0 Å². The second-order valence-corrected chi connectivity index (χ2v) is 5.81. The number of nitrogens with one attached hydrogen (secondary N) is 1. The summed E-state index contributed by atoms with van der Waals surface area (Å²) >= 11 is 0. The van der Waals surface area contributed by atoms with Crippen LogP contribution in [0.2, 0.25) is 0 Å². The molecule has 0 aliphatic carbocycles. The van der Waals surface area contributed by atoms with Crippen LogP contribution in [0.25, 0.3) is 0 Å². The predicted octanol–water partition coefficient (Wildman–Crippen LogP) is 2.27. The Hall–Kier alpha value is -2.14. The van der Waals surface area contributed by atoms with E-state index < -0.39 is 10.0 Å². The van der Waals surface area contributed by atoms with Crippen molar-refractivity contribution in [3.05, 3.63) is 59.7 Å². The van der Waals surface area contributed by atoms with Crippen LogP contribution in [0.3, 0.4) is 0 Å². The molecule has 0 radical (unpaired) electrons. The molecule has 0 atom stereocenters. The van der Waals surface area contributed by atoms with Crippen molar-refractivity contribution in [1.82, 2.24) is 0 Å². The van der Waals surface area contributed by atoms with Gasteiger partial charge in [0.05, 0.1) is 10.6 Å². The fraction of sp³-hybridized carbons (Fsp3) is 0.0714. The van der Waals surface area contributed by atoms with Gasteiger partial charge in [-0.15, -0.1) is 0 Å². The summed E-state index contributed by atoms with van der Waals surface area (Å²) in [5.41, 5.74) is 2.95. The highest BCUT2D eigenvalue weighted by Crippen LogP contribution is 2.29. The molecule has 2 aromatic rings. The van der Waals surface area contributed by atoms with Gasteiger partial charge in [-0.2, -0.15) is 12.8 Å². The molecule has 1 N–H and O–H groups in total. The summed E-state index contributed by atoms with van der Waals surface area (Å²) in [7, 11) is -1.71. The fourth-order valence-corrected chi connectivity index (χ4v) is 3.34. The Labute approximate surface area is 111 Å². The van der Waals surface area contributed by atoms with Gasteiger partial charge in [0.1, 0.15) is 0 Å². The highest BCUT2D eigenvalue weighted by molar-refractivity contribution is 7.90. The molecule has 0 amide bonds. The lowest BCUT2D eigenvalue weighted by Gasteiger charge is -2.04. The Morgan fingerprint density at radius 1 is 1.00 bits per heavy atom. The van der Waals surface area contributed by atoms with Crippen molar-refractivity contribution in [3.63, 3.8) is 0 Å². The number of hydrogen-bond donors (Lipinski definition) is 1. The molecule has 1 heterocycles. The summed E-state index contributed by atoms with van der Waals surface area (Å²) in [6, 6.07) is 14.4. The van der Waals surface area contributed by atoms with Crippen molar-refractivity contribution in [3.8, 4) is 0 Å². The molecule has 5 heteroatoms. The molecule has 0 unspecified atom stereocenters. The summed E-state index contributed by atoms with van der Waals surface area (Å²) in [4.78, 5) is 0.280. The summed E-state index contributed by atoms with van der Waals surface area (Å²) in [5.74, 6) is 0. The average Bonchev–Trinajstić information content (AvgIpc) is 2.72. The highest BCUT2D eigenvalue weighted by atomic mass is 32.2. The normalized spacial score (nSPS) is 15.7. The zero-order chi connectivity index (χ0) is 13.5. The van der Waals surface area contributed by atoms with Crippen LogP contribution in [-0.2, 0) is 10.0 Å². The van der Waals surface area contributed by atoms with Gasteiger partial charge in [0.25, 0.3) is 10.0 Å². The highest BCUT2D eigenvalue weighted by Gasteiger charge is 2.28. The molecule has 3 rings (SSSR count). The Kier molecular flexibility index (Phi) is 2.64. The first-order valence-corrected chi connectivity index (χ1v) is 7.28. The van der Waals surface area contributed by atoms with E-state index in [1.165, 1.54) is 0 Å². The maximum absolute atomic E-state index is 12.0. The quantitative estimate of drug-likeness (QED) is 0.912. The van der Waals surface area contributed by atoms with Gasteiger partial charge in [-0.05, 0) is 18.2 Å². The van der Waals surface area contributed by atoms with Crippen LogP contribution in [0.15, 0.2) is 57.8 Å². The average molecular weight is 272 g/mol. The molecule has 1 aliphatic heterocycles. The molecule has 19 heavy (non-hydrogen) atoms. The summed E-state index contributed by atoms with van der Waals surface area (Å²) in [5, 5.41) is 3.02. The third-order valence-corrected chi connectivity index (χ3v) is 4.41. The van der Waals surface area contributed by atoms with E-state index in [9.17, 15) is 8.42 Å². The van der Waals surface area contributed by atoms with E-state index in [4.69, 9.17) is 0 Å². The van der Waals surface area contributed by atoms with Gasteiger partial charge < -0.3 is 5.32 Å². The van der Waals surface area contributed by atoms with Crippen molar-refractivity contribution in [2.24, 2.45) is 4.40 Å². The standard InChI is InChI=1S/C14H12N2O2S/c1-15-11-8-6-10(7-9-11)14-12-4-2-3-5-13(12)19(17,18)16-14/h2-9,15H,1H3. The van der Waals surface area contributed by atoms with Crippen LogP contribution in [-0.4, -0.2) is 21.2 Å². The van der Waals surface area contributed by atoms with Gasteiger partial charge in [-0.25, -0.2) is 0 Å². The van der Waals surface area contributed by atoms with Crippen molar-refractivity contribution in [2.45, 2.75) is 4.90 Å². The van der Waals surface area contributed by atoms with E-state index in [1.54, 1.807) is 18.2 Å². The van der Waals surface area contributed by atoms with Gasteiger partial charge in [0, 0.05) is 23.9 Å². The molecule has 0 saturated heterocycles. The molecular weight excluding hydrogens is 260 g/mol. The van der Waals surface area contributed by atoms with Crippen molar-refractivity contribution < 1.29 is 8.42 Å². The second kappa shape index (κ2) is 4.20. The monoisotopic (exact) mass is 272 g/mol. The number of hydrogen-bond acceptors (Lipinski definition) is 3. The van der Waals surface area contributed by atoms with Gasteiger partial charge >= 0.3 is 0 Å². The van der Waals surface area contributed by atoms with E-state index in [-0.39, 0.29) is 4.90 Å². The van der Waals surface area contributed by atoms with Crippen LogP contribution in [0.4, 0.5) is 5.69 Å². The maximum Gasteiger partial charge on any atom is 0.283 e. The van der Waals surface area contributed by atoms with Crippen LogP contribution in [0.5, 0.6) is 0 Å². The lowest BCUT2D eigenvalue weighted by atomic mass is 10.0. The predicted molar refractivity (Wildman–Crippen MR) is 75.3 cm³/mol. The van der Waals surface area contributed by atoms with Gasteiger partial charge in [-0.3, -0.25) is 0 Å². The summed E-state index contributed by atoms with van der Waals surface area (Å²) < 4.78 is 27.8. The van der Waals surface area contributed by atoms with E-state index in [0.29, 0.717) is 11.3 Å². The Morgan fingerprint density at radius 3 is 2.37 bits per heavy atom. The SMILES string of the molecule is CNc1ccc(C2=NS(=O)(=O)c3ccccc32)cc1. The largest absolute Gasteiger partial charge is 0.388 e. The van der Waals surface area contributed by atoms with E-state index in [1.807, 2.05) is 37.4 Å². The van der Waals surface area contributed by atoms with E-state index in [2.05, 4.69) is 9.71 Å². The van der Waals surface area contributed by atoms with Crippen molar-refractivity contribution in [1.29, 1.82) is 0 Å². The number of sulfonamides is 1. The molecule has 96 valence electrons. The van der Waals surface area contributed by atoms with Crippen molar-refractivity contribution in [2.75, 3.05) is 12.4 Å². The van der Waals surface area contributed by atoms with E-state index in [0.717, 1.165) is 11.3 Å². The van der Waals surface area contributed by atoms with E-state index >= 15 is 0 Å². The van der Waals surface area contributed by atoms with Gasteiger partial charge in [0.2, 0.25) is 0 Å². The maximum atomic E-state index is 12.0. The Balaban J connectivity index is 2.16. The zero-order valence-electron chi connectivity index (χ0n) is 10.3. The molecule has 0 saturated carbocycles. The first-order valence-electron chi connectivity index (χ1n) is 5.84. The molecule has 1 aliphatic rings. The number of anilines is 1. The molecule has 4 nitrogen and oxygen atoms in total. The molecule has 0 bridgehead atoms. The van der Waals surface area contributed by atoms with Crippen molar-refractivity contribution >= 4 is 21.4 Å². The molecule has 0 spiro atoms. The number of nitrogens with zero attached hydrogens (tertiary/aromatic N) is 1. The summed E-state index contributed by atoms with van der Waals surface area (Å²) in [6.45, 7) is 0. The molecular formula is C14H12N2O2S. The minimum Gasteiger partial charge on any atom is -0.388 e. The smallest absolute Gasteiger partial charge is 0.283 e. The number of rotatable bonds is 2. The number of fused-ring (bicyclic) bond motifs is 1. The molecule has 0 fully saturated rings. The van der Waals surface area contributed by atoms with Gasteiger partial charge in [-0.1, -0.05) is 30.3 Å². The third kappa shape index (κ3) is 1.92. The van der Waals surface area contributed by atoms with Crippen LogP contribution in [0, 0.1) is 0 Å². The summed E-state index contributed by atoms with van der Waals surface area (Å²) in [6.07, 6.45) is 0. The third-order valence-electron chi connectivity index (χ3n) is 3.08. The molecule has 2 aromatic carbocycles. The first kappa shape index (κ1) is 11.9. The first-order chi connectivity index (χ1) is 9.12. The lowest BCUT2D eigenvalue weighted by molar-refractivity contribution is 0.599. The zero-order valence-corrected chi connectivity index (χ0v) is 11.1. The Bertz CT molecular complexity index is 762. The Morgan fingerprint density at radius 2 is 1.68 bits per heavy atom. The van der Waals surface area contributed by atoms with Crippen LogP contribution < -0.4 is 5.32 Å². The second-order valence-electron chi connectivity index (χ2n) is 4.24.